The molecule has 7 heteroatoms. The van der Waals surface area contributed by atoms with Crippen molar-refractivity contribution in [3.8, 4) is 0 Å². The van der Waals surface area contributed by atoms with Gasteiger partial charge < -0.3 is 15.5 Å². The Kier molecular flexibility index (Phi) is 6.10. The quantitative estimate of drug-likeness (QED) is 0.590. The zero-order valence-electron chi connectivity index (χ0n) is 12.8. The molecule has 1 rings (SSSR count). The Balaban J connectivity index is 2.87. The average Bonchev–Trinajstić information content (AvgIpc) is 2.44. The van der Waals surface area contributed by atoms with Crippen LogP contribution in [0.15, 0.2) is 18.2 Å². The van der Waals surface area contributed by atoms with Crippen molar-refractivity contribution >= 4 is 17.3 Å². The van der Waals surface area contributed by atoms with Crippen LogP contribution in [0.2, 0.25) is 0 Å². The summed E-state index contributed by atoms with van der Waals surface area (Å²) in [7, 11) is 5.61. The molecule has 0 spiro atoms. The Labute approximate surface area is 124 Å². The maximum absolute atomic E-state index is 12.2. The summed E-state index contributed by atoms with van der Waals surface area (Å²) in [5.41, 5.74) is 0.543. The van der Waals surface area contributed by atoms with Crippen molar-refractivity contribution in [2.24, 2.45) is 0 Å². The first-order chi connectivity index (χ1) is 9.85. The molecule has 0 radical (unpaired) electrons. The SMILES string of the molecule is CNc1ccc([N+](=O)[O-])c(C(=O)NC(C)CCN(C)C)c1. The first kappa shape index (κ1) is 16.9. The van der Waals surface area contributed by atoms with E-state index in [1.54, 1.807) is 13.1 Å². The van der Waals surface area contributed by atoms with E-state index >= 15 is 0 Å². The number of nitrogens with zero attached hydrogens (tertiary/aromatic N) is 2. The smallest absolute Gasteiger partial charge is 0.282 e. The maximum Gasteiger partial charge on any atom is 0.282 e. The minimum atomic E-state index is -0.543. The molecule has 0 aliphatic heterocycles. The van der Waals surface area contributed by atoms with Crippen LogP contribution >= 0.6 is 0 Å². The highest BCUT2D eigenvalue weighted by Crippen LogP contribution is 2.22. The molecule has 1 aromatic rings. The van der Waals surface area contributed by atoms with Crippen molar-refractivity contribution < 1.29 is 9.72 Å². The molecule has 0 saturated carbocycles. The van der Waals surface area contributed by atoms with Gasteiger partial charge in [0.25, 0.3) is 11.6 Å². The normalized spacial score (nSPS) is 12.0. The van der Waals surface area contributed by atoms with E-state index in [4.69, 9.17) is 0 Å². The molecule has 1 aromatic carbocycles. The molecule has 0 heterocycles. The van der Waals surface area contributed by atoms with E-state index in [2.05, 4.69) is 10.6 Å². The van der Waals surface area contributed by atoms with E-state index < -0.39 is 10.8 Å². The van der Waals surface area contributed by atoms with Crippen molar-refractivity contribution in [2.45, 2.75) is 19.4 Å². The second-order valence-corrected chi connectivity index (χ2v) is 5.21. The van der Waals surface area contributed by atoms with Crippen molar-refractivity contribution in [3.63, 3.8) is 0 Å². The van der Waals surface area contributed by atoms with E-state index in [1.165, 1.54) is 12.1 Å². The van der Waals surface area contributed by atoms with Crippen LogP contribution in [-0.4, -0.2) is 49.5 Å². The number of nitrogens with one attached hydrogen (secondary N) is 2. The van der Waals surface area contributed by atoms with E-state index in [0.29, 0.717) is 5.69 Å². The molecule has 0 aromatic heterocycles. The molecule has 1 amide bonds. The molecule has 0 fully saturated rings. The number of hydrogen-bond donors (Lipinski definition) is 2. The third kappa shape index (κ3) is 5.03. The lowest BCUT2D eigenvalue weighted by molar-refractivity contribution is -0.385. The Morgan fingerprint density at radius 2 is 2.10 bits per heavy atom. The number of hydrogen-bond acceptors (Lipinski definition) is 5. The molecule has 1 unspecified atom stereocenters. The van der Waals surface area contributed by atoms with E-state index in [-0.39, 0.29) is 17.3 Å². The monoisotopic (exact) mass is 294 g/mol. The van der Waals surface area contributed by atoms with Gasteiger partial charge in [-0.25, -0.2) is 0 Å². The summed E-state index contributed by atoms with van der Waals surface area (Å²) in [6.07, 6.45) is 0.776. The Hall–Kier alpha value is -2.15. The van der Waals surface area contributed by atoms with E-state index in [9.17, 15) is 14.9 Å². The summed E-state index contributed by atoms with van der Waals surface area (Å²) in [4.78, 5) is 24.7. The number of benzene rings is 1. The minimum Gasteiger partial charge on any atom is -0.388 e. The number of rotatable bonds is 7. The van der Waals surface area contributed by atoms with Crippen LogP contribution in [-0.2, 0) is 0 Å². The van der Waals surface area contributed by atoms with Crippen LogP contribution in [0, 0.1) is 10.1 Å². The molecule has 0 aliphatic rings. The predicted octanol–water partition coefficient (Wildman–Crippen LogP) is 1.71. The van der Waals surface area contributed by atoms with Gasteiger partial charge >= 0.3 is 0 Å². The predicted molar refractivity (Wildman–Crippen MR) is 82.7 cm³/mol. The molecule has 0 bridgehead atoms. The molecule has 1 atom stereocenters. The Morgan fingerprint density at radius 3 is 2.62 bits per heavy atom. The molecule has 116 valence electrons. The largest absolute Gasteiger partial charge is 0.388 e. The molecular weight excluding hydrogens is 272 g/mol. The van der Waals surface area contributed by atoms with Gasteiger partial charge in [-0.1, -0.05) is 0 Å². The highest BCUT2D eigenvalue weighted by atomic mass is 16.6. The van der Waals surface area contributed by atoms with Crippen LogP contribution in [0.5, 0.6) is 0 Å². The lowest BCUT2D eigenvalue weighted by atomic mass is 10.1. The van der Waals surface area contributed by atoms with Crippen LogP contribution < -0.4 is 10.6 Å². The van der Waals surface area contributed by atoms with Crippen LogP contribution in [0.25, 0.3) is 0 Å². The van der Waals surface area contributed by atoms with Gasteiger partial charge in [0.15, 0.2) is 0 Å². The zero-order chi connectivity index (χ0) is 16.0. The summed E-state index contributed by atoms with van der Waals surface area (Å²) in [5, 5.41) is 16.7. The number of anilines is 1. The van der Waals surface area contributed by atoms with E-state index in [0.717, 1.165) is 13.0 Å². The second-order valence-electron chi connectivity index (χ2n) is 5.21. The lowest BCUT2D eigenvalue weighted by Crippen LogP contribution is -2.35. The minimum absolute atomic E-state index is 0.0576. The standard InChI is InChI=1S/C14H22N4O3/c1-10(7-8-17(3)4)16-14(19)12-9-11(15-2)5-6-13(12)18(20)21/h5-6,9-10,15H,7-8H2,1-4H3,(H,16,19). The van der Waals surface area contributed by atoms with Gasteiger partial charge in [0.1, 0.15) is 5.56 Å². The topological polar surface area (TPSA) is 87.5 Å². The third-order valence-electron chi connectivity index (χ3n) is 3.11. The lowest BCUT2D eigenvalue weighted by Gasteiger charge is -2.17. The second kappa shape index (κ2) is 7.58. The van der Waals surface area contributed by atoms with Crippen LogP contribution in [0.1, 0.15) is 23.7 Å². The fraction of sp³-hybridized carbons (Fsp3) is 0.500. The third-order valence-corrected chi connectivity index (χ3v) is 3.11. The molecule has 0 aliphatic carbocycles. The number of nitro groups is 1. The van der Waals surface area contributed by atoms with Gasteiger partial charge in [0.2, 0.25) is 0 Å². The van der Waals surface area contributed by atoms with Crippen molar-refractivity contribution in [3.05, 3.63) is 33.9 Å². The van der Waals surface area contributed by atoms with Gasteiger partial charge in [-0.05, 0) is 46.1 Å². The fourth-order valence-corrected chi connectivity index (χ4v) is 1.86. The van der Waals surface area contributed by atoms with Gasteiger partial charge in [-0.3, -0.25) is 14.9 Å². The van der Waals surface area contributed by atoms with Crippen LogP contribution in [0.4, 0.5) is 11.4 Å². The molecule has 21 heavy (non-hydrogen) atoms. The van der Waals surface area contributed by atoms with Crippen molar-refractivity contribution in [1.82, 2.24) is 10.2 Å². The van der Waals surface area contributed by atoms with Crippen molar-refractivity contribution in [1.29, 1.82) is 0 Å². The van der Waals surface area contributed by atoms with Gasteiger partial charge in [-0.15, -0.1) is 0 Å². The highest BCUT2D eigenvalue weighted by molar-refractivity contribution is 5.99. The highest BCUT2D eigenvalue weighted by Gasteiger charge is 2.21. The van der Waals surface area contributed by atoms with Crippen LogP contribution in [0.3, 0.4) is 0 Å². The average molecular weight is 294 g/mol. The fourth-order valence-electron chi connectivity index (χ4n) is 1.86. The summed E-state index contributed by atoms with van der Waals surface area (Å²) >= 11 is 0. The van der Waals surface area contributed by atoms with Gasteiger partial charge in [0, 0.05) is 24.8 Å². The molecule has 0 saturated heterocycles. The number of carbonyl (C=O) groups is 1. The Bertz CT molecular complexity index is 517. The first-order valence-electron chi connectivity index (χ1n) is 6.77. The molecule has 7 nitrogen and oxygen atoms in total. The summed E-state index contributed by atoms with van der Waals surface area (Å²) < 4.78 is 0. The molecule has 2 N–H and O–H groups in total. The van der Waals surface area contributed by atoms with Gasteiger partial charge in [0.05, 0.1) is 4.92 Å². The zero-order valence-corrected chi connectivity index (χ0v) is 12.8. The Morgan fingerprint density at radius 1 is 1.43 bits per heavy atom. The number of amides is 1. The van der Waals surface area contributed by atoms with E-state index in [1.807, 2.05) is 25.9 Å². The van der Waals surface area contributed by atoms with Crippen molar-refractivity contribution in [2.75, 3.05) is 33.0 Å². The summed E-state index contributed by atoms with van der Waals surface area (Å²) in [6, 6.07) is 4.35. The molecular formula is C14H22N4O3. The number of nitro benzene ring substituents is 1. The number of carbonyl (C=O) groups excluding carboxylic acids is 1. The van der Waals surface area contributed by atoms with Gasteiger partial charge in [-0.2, -0.15) is 0 Å². The first-order valence-corrected chi connectivity index (χ1v) is 6.77. The summed E-state index contributed by atoms with van der Waals surface area (Å²) in [5.74, 6) is -0.426. The summed E-state index contributed by atoms with van der Waals surface area (Å²) in [6.45, 7) is 2.72. The maximum atomic E-state index is 12.2.